The number of fused-ring (bicyclic) bond motifs is 3. The van der Waals surface area contributed by atoms with Gasteiger partial charge in [-0.25, -0.2) is 0 Å². The predicted molar refractivity (Wildman–Crippen MR) is 273 cm³/mol. The molecule has 0 aliphatic rings. The van der Waals surface area contributed by atoms with E-state index in [0.717, 1.165) is 66.2 Å². The molecule has 10 aromatic carbocycles. The molecule has 64 heavy (non-hydrogen) atoms. The van der Waals surface area contributed by atoms with Crippen LogP contribution >= 0.6 is 23.2 Å². The number of hydrogen-bond donors (Lipinski definition) is 0. The number of para-hydroxylation sites is 1. The highest BCUT2D eigenvalue weighted by atomic mass is 35.5. The Balaban J connectivity index is 0.962. The van der Waals surface area contributed by atoms with Gasteiger partial charge in [0.05, 0.1) is 11.0 Å². The summed E-state index contributed by atoms with van der Waals surface area (Å²) in [4.78, 5) is 2.31. The summed E-state index contributed by atoms with van der Waals surface area (Å²) in [6.07, 6.45) is 0. The van der Waals surface area contributed by atoms with Gasteiger partial charge in [-0.05, 0) is 147 Å². The standard InChI is InChI=1S/C60H40Cl2N2/c61-51-27-16-42(17-28-51)44-20-31-53(32-21-44)63(54-33-22-45(23-34-54)43-18-29-52(62)30-19-43)55-35-24-46(25-36-55)50-26-37-58-57-14-4-5-15-59(57)64(60(58)40-50)56-13-7-12-49(39-56)48-11-6-10-47(38-48)41-8-2-1-3-9-41/h1-40H. The first kappa shape index (κ1) is 39.2. The van der Waals surface area contributed by atoms with Crippen molar-refractivity contribution in [2.45, 2.75) is 0 Å². The SMILES string of the molecule is Clc1ccc(-c2ccc(N(c3ccc(-c4ccc(Cl)cc4)cc3)c3ccc(-c4ccc5c6ccccc6n(-c6cccc(-c7cccc(-c8ccccc8)c7)c6)c5c4)cc3)cc2)cc1. The number of hydrogen-bond acceptors (Lipinski definition) is 1. The molecule has 0 spiro atoms. The molecule has 4 heteroatoms. The third kappa shape index (κ3) is 7.64. The lowest BCUT2D eigenvalue weighted by Crippen LogP contribution is -2.09. The average molecular weight is 860 g/mol. The van der Waals surface area contributed by atoms with Crippen LogP contribution in [0.2, 0.25) is 10.0 Å². The Kier molecular flexibility index (Phi) is 10.4. The summed E-state index contributed by atoms with van der Waals surface area (Å²) < 4.78 is 2.41. The fourth-order valence-electron chi connectivity index (χ4n) is 8.90. The van der Waals surface area contributed by atoms with Crippen LogP contribution in [0.5, 0.6) is 0 Å². The van der Waals surface area contributed by atoms with E-state index < -0.39 is 0 Å². The van der Waals surface area contributed by atoms with Crippen LogP contribution in [0.1, 0.15) is 0 Å². The Hall–Kier alpha value is -7.62. The molecule has 0 aliphatic heterocycles. The molecule has 0 fully saturated rings. The molecule has 0 radical (unpaired) electrons. The van der Waals surface area contributed by atoms with Gasteiger partial charge in [-0.3, -0.25) is 0 Å². The third-order valence-corrected chi connectivity index (χ3v) is 12.7. The van der Waals surface area contributed by atoms with Crippen molar-refractivity contribution >= 4 is 62.1 Å². The van der Waals surface area contributed by atoms with Gasteiger partial charge in [0.15, 0.2) is 0 Å². The van der Waals surface area contributed by atoms with Crippen LogP contribution in [0.15, 0.2) is 243 Å². The van der Waals surface area contributed by atoms with Crippen LogP contribution in [0, 0.1) is 0 Å². The first-order chi connectivity index (χ1) is 31.5. The maximum Gasteiger partial charge on any atom is 0.0547 e. The van der Waals surface area contributed by atoms with Gasteiger partial charge < -0.3 is 9.47 Å². The summed E-state index contributed by atoms with van der Waals surface area (Å²) in [7, 11) is 0. The van der Waals surface area contributed by atoms with E-state index in [1.165, 1.54) is 44.1 Å². The van der Waals surface area contributed by atoms with Gasteiger partial charge in [-0.2, -0.15) is 0 Å². The Labute approximate surface area is 383 Å². The van der Waals surface area contributed by atoms with Crippen LogP contribution < -0.4 is 4.90 Å². The number of anilines is 3. The van der Waals surface area contributed by atoms with Gasteiger partial charge in [0.2, 0.25) is 0 Å². The van der Waals surface area contributed by atoms with Crippen molar-refractivity contribution in [3.63, 3.8) is 0 Å². The van der Waals surface area contributed by atoms with Crippen molar-refractivity contribution in [2.75, 3.05) is 4.90 Å². The Morgan fingerprint density at radius 1 is 0.266 bits per heavy atom. The predicted octanol–water partition coefficient (Wildman–Crippen LogP) is 17.9. The zero-order valence-electron chi connectivity index (χ0n) is 34.7. The molecule has 0 N–H and O–H groups in total. The molecular formula is C60H40Cl2N2. The first-order valence-electron chi connectivity index (χ1n) is 21.4. The van der Waals surface area contributed by atoms with E-state index in [1.54, 1.807) is 0 Å². The molecule has 0 amide bonds. The lowest BCUT2D eigenvalue weighted by Gasteiger charge is -2.26. The second kappa shape index (κ2) is 16.9. The second-order valence-corrected chi connectivity index (χ2v) is 16.9. The van der Waals surface area contributed by atoms with Gasteiger partial charge >= 0.3 is 0 Å². The highest BCUT2D eigenvalue weighted by molar-refractivity contribution is 6.31. The van der Waals surface area contributed by atoms with Crippen LogP contribution in [0.25, 0.3) is 83.1 Å². The minimum absolute atomic E-state index is 0.728. The van der Waals surface area contributed by atoms with Crippen molar-refractivity contribution in [2.24, 2.45) is 0 Å². The molecule has 2 nitrogen and oxygen atoms in total. The van der Waals surface area contributed by atoms with Gasteiger partial charge in [0, 0.05) is 43.6 Å². The number of rotatable bonds is 9. The summed E-state index contributed by atoms with van der Waals surface area (Å²) in [5.74, 6) is 0. The highest BCUT2D eigenvalue weighted by Crippen LogP contribution is 2.40. The number of aromatic nitrogens is 1. The topological polar surface area (TPSA) is 8.17 Å². The Bertz CT molecular complexity index is 3320. The largest absolute Gasteiger partial charge is 0.311 e. The van der Waals surface area contributed by atoms with Crippen LogP contribution in [0.3, 0.4) is 0 Å². The first-order valence-corrected chi connectivity index (χ1v) is 22.2. The van der Waals surface area contributed by atoms with Gasteiger partial charge in [0.1, 0.15) is 0 Å². The van der Waals surface area contributed by atoms with E-state index in [0.29, 0.717) is 0 Å². The zero-order valence-corrected chi connectivity index (χ0v) is 36.3. The van der Waals surface area contributed by atoms with Crippen molar-refractivity contribution < 1.29 is 0 Å². The minimum Gasteiger partial charge on any atom is -0.311 e. The van der Waals surface area contributed by atoms with Crippen molar-refractivity contribution in [3.05, 3.63) is 253 Å². The molecule has 0 saturated carbocycles. The van der Waals surface area contributed by atoms with Crippen LogP contribution in [0.4, 0.5) is 17.1 Å². The molecule has 0 atom stereocenters. The van der Waals surface area contributed by atoms with Crippen LogP contribution in [-0.2, 0) is 0 Å². The average Bonchev–Trinajstić information content (AvgIpc) is 3.69. The van der Waals surface area contributed by atoms with Crippen molar-refractivity contribution in [1.82, 2.24) is 4.57 Å². The fraction of sp³-hybridized carbons (Fsp3) is 0. The van der Waals surface area contributed by atoms with Crippen molar-refractivity contribution in [3.8, 4) is 61.3 Å². The van der Waals surface area contributed by atoms with Gasteiger partial charge in [-0.15, -0.1) is 0 Å². The van der Waals surface area contributed by atoms with E-state index in [2.05, 4.69) is 228 Å². The number of benzene rings is 10. The van der Waals surface area contributed by atoms with Gasteiger partial charge in [-0.1, -0.05) is 175 Å². The molecule has 0 unspecified atom stereocenters. The smallest absolute Gasteiger partial charge is 0.0547 e. The summed E-state index contributed by atoms with van der Waals surface area (Å²) in [6.45, 7) is 0. The molecule has 11 rings (SSSR count). The Morgan fingerprint density at radius 2 is 0.641 bits per heavy atom. The fourth-order valence-corrected chi connectivity index (χ4v) is 9.15. The van der Waals surface area contributed by atoms with E-state index in [4.69, 9.17) is 23.2 Å². The molecule has 1 aromatic heterocycles. The zero-order chi connectivity index (χ0) is 43.0. The van der Waals surface area contributed by atoms with E-state index in [1.807, 2.05) is 24.3 Å². The monoisotopic (exact) mass is 858 g/mol. The maximum atomic E-state index is 6.21. The number of nitrogens with zero attached hydrogens (tertiary/aromatic N) is 2. The molecule has 11 aromatic rings. The second-order valence-electron chi connectivity index (χ2n) is 16.1. The summed E-state index contributed by atoms with van der Waals surface area (Å²) in [6, 6.07) is 86.3. The normalized spacial score (nSPS) is 11.3. The molecular weight excluding hydrogens is 820 g/mol. The molecule has 0 bridgehead atoms. The minimum atomic E-state index is 0.728. The summed E-state index contributed by atoms with van der Waals surface area (Å²) in [5.41, 5.74) is 18.2. The quantitative estimate of drug-likeness (QED) is 0.140. The number of halogens is 2. The lowest BCUT2D eigenvalue weighted by molar-refractivity contribution is 1.18. The van der Waals surface area contributed by atoms with E-state index >= 15 is 0 Å². The van der Waals surface area contributed by atoms with Gasteiger partial charge in [0.25, 0.3) is 0 Å². The molecule has 0 aliphatic carbocycles. The van der Waals surface area contributed by atoms with Crippen LogP contribution in [-0.4, -0.2) is 4.57 Å². The highest BCUT2D eigenvalue weighted by Gasteiger charge is 2.17. The summed E-state index contributed by atoms with van der Waals surface area (Å²) >= 11 is 12.4. The lowest BCUT2D eigenvalue weighted by atomic mass is 9.99. The summed E-state index contributed by atoms with van der Waals surface area (Å²) in [5, 5.41) is 3.91. The molecule has 0 saturated heterocycles. The molecule has 1 heterocycles. The Morgan fingerprint density at radius 3 is 1.20 bits per heavy atom. The molecule has 304 valence electrons. The van der Waals surface area contributed by atoms with Crippen molar-refractivity contribution in [1.29, 1.82) is 0 Å². The third-order valence-electron chi connectivity index (χ3n) is 12.1. The van der Waals surface area contributed by atoms with E-state index in [9.17, 15) is 0 Å². The maximum absolute atomic E-state index is 6.21. The van der Waals surface area contributed by atoms with E-state index in [-0.39, 0.29) is 0 Å².